The lowest BCUT2D eigenvalue weighted by Gasteiger charge is -2.50. The van der Waals surface area contributed by atoms with Gasteiger partial charge in [0.1, 0.15) is 189 Å². The smallest absolute Gasteiger partial charge is 0.187 e. The second-order valence-electron chi connectivity index (χ2n) is 22.4. The van der Waals surface area contributed by atoms with Gasteiger partial charge in [-0.3, -0.25) is 0 Å². The molecule has 21 N–H and O–H groups in total. The van der Waals surface area contributed by atoms with Crippen molar-refractivity contribution >= 4 is 11.6 Å². The van der Waals surface area contributed by atoms with Gasteiger partial charge in [0, 0.05) is 5.02 Å². The Morgan fingerprint density at radius 2 is 0.472 bits per heavy atom. The van der Waals surface area contributed by atoms with Gasteiger partial charge in [-0.05, 0) is 24.3 Å². The first-order valence-corrected chi connectivity index (χ1v) is 28.8. The highest BCUT2D eigenvalue weighted by Gasteiger charge is 2.59. The van der Waals surface area contributed by atoms with E-state index in [2.05, 4.69) is 0 Å². The molecule has 37 nitrogen and oxygen atoms in total. The Hall–Kier alpha value is -2.13. The van der Waals surface area contributed by atoms with Crippen molar-refractivity contribution in [1.29, 1.82) is 0 Å². The quantitative estimate of drug-likeness (QED) is 0.0967. The van der Waals surface area contributed by atoms with E-state index < -0.39 is 261 Å². The number of aliphatic hydroxyl groups is 21. The molecule has 512 valence electrons. The number of hydrogen-bond acceptors (Lipinski definition) is 37. The summed E-state index contributed by atoms with van der Waals surface area (Å²) in [5.41, 5.74) is 0. The molecule has 1 aromatic rings. The van der Waals surface area contributed by atoms with E-state index in [0.29, 0.717) is 12.7 Å². The molecule has 22 heterocycles. The van der Waals surface area contributed by atoms with Gasteiger partial charge >= 0.3 is 0 Å². The fraction of sp³-hybridized carbons (Fsp3) is 0.882. The molecule has 14 bridgehead atoms. The topological polar surface area (TPSA) is 576 Å². The van der Waals surface area contributed by atoms with Crippen LogP contribution < -0.4 is 4.74 Å². The predicted octanol–water partition coefficient (Wildman–Crippen LogP) is -13.1. The third kappa shape index (κ3) is 15.4. The Morgan fingerprint density at radius 3 is 0.629 bits per heavy atom. The molecule has 36 atom stereocenters. The van der Waals surface area contributed by atoms with Crippen molar-refractivity contribution in [3.63, 3.8) is 0 Å². The van der Waals surface area contributed by atoms with Crippen LogP contribution in [0.25, 0.3) is 0 Å². The normalized spacial score (nSPS) is 50.7. The van der Waals surface area contributed by atoms with E-state index in [-0.39, 0.29) is 0 Å². The molecule has 22 aliphatic heterocycles. The highest BCUT2D eigenvalue weighted by atomic mass is 35.5. The van der Waals surface area contributed by atoms with E-state index in [1.54, 1.807) is 0 Å². The lowest BCUT2D eigenvalue weighted by Crippen LogP contribution is -2.68. The minimum Gasteiger partial charge on any atom is -0.491 e. The van der Waals surface area contributed by atoms with Gasteiger partial charge in [-0.25, -0.2) is 0 Å². The molecule has 0 radical (unpaired) electrons. The summed E-state index contributed by atoms with van der Waals surface area (Å²) in [7, 11) is 0. The zero-order valence-electron chi connectivity index (χ0n) is 46.8. The Balaban J connectivity index is 0.000000695. The van der Waals surface area contributed by atoms with Crippen molar-refractivity contribution < 1.29 is 183 Å². The Kier molecular flexibility index (Phi) is 24.9. The van der Waals surface area contributed by atoms with Crippen molar-refractivity contribution in [2.75, 3.05) is 59.5 Å². The van der Waals surface area contributed by atoms with Crippen molar-refractivity contribution in [1.82, 2.24) is 0 Å². The Labute approximate surface area is 509 Å². The second kappa shape index (κ2) is 31.2. The van der Waals surface area contributed by atoms with Gasteiger partial charge in [0.2, 0.25) is 0 Å². The first-order valence-electron chi connectivity index (χ1n) is 28.5. The second-order valence-corrected chi connectivity index (χ2v) is 22.8. The van der Waals surface area contributed by atoms with Gasteiger partial charge in [0.25, 0.3) is 0 Å². The van der Waals surface area contributed by atoms with Crippen molar-refractivity contribution in [3.8, 4) is 5.75 Å². The van der Waals surface area contributed by atoms with Gasteiger partial charge in [-0.15, -0.1) is 0 Å². The maximum atomic E-state index is 11.3. The number of epoxide rings is 1. The van der Waals surface area contributed by atoms with E-state index in [1.807, 2.05) is 24.3 Å². The van der Waals surface area contributed by atoms with E-state index in [4.69, 9.17) is 87.4 Å². The highest BCUT2D eigenvalue weighted by Crippen LogP contribution is 2.39. The lowest BCUT2D eigenvalue weighted by atomic mass is 9.95. The molecule has 22 aliphatic rings. The van der Waals surface area contributed by atoms with Crippen LogP contribution >= 0.6 is 11.6 Å². The van der Waals surface area contributed by atoms with Gasteiger partial charge in [0.05, 0.1) is 52.9 Å². The summed E-state index contributed by atoms with van der Waals surface area (Å²) in [6.45, 7) is -5.86. The molecule has 0 saturated carbocycles. The Morgan fingerprint density at radius 1 is 0.292 bits per heavy atom. The molecule has 1 aromatic carbocycles. The van der Waals surface area contributed by atoms with Crippen LogP contribution in [0, 0.1) is 0 Å². The summed E-state index contributed by atoms with van der Waals surface area (Å²) in [4.78, 5) is 0. The molecular weight excluding hydrogens is 1240 g/mol. The van der Waals surface area contributed by atoms with Crippen LogP contribution in [0.15, 0.2) is 24.3 Å². The molecular formula is C51H79ClO37. The van der Waals surface area contributed by atoms with Crippen LogP contribution in [0.5, 0.6) is 5.75 Å². The zero-order valence-corrected chi connectivity index (χ0v) is 47.5. The molecule has 1 unspecified atom stereocenters. The SMILES string of the molecule is Clc1ccc(OCC2CO2)cc1.OC[C@H]1O[C@@H]2O[C@H]3[C@H](O)[C@@H](O)[C@@H](O[C@H]4[C@H](O)[C@@H](O)[C@@H](O[C@H]5[C@H](O)[C@@H](O)[C@@H](O[C@H]6[C@H](O)[C@@H](O)[C@@H](O[C@H]7[C@@H](O)[C@H](O)[C@@H](O[C@H]8[C@@H](O)[C@H](O)[C@@H](O[C@H]1[C@H](O)[C@H]2O)O[C@@H]8CO)O[C@@H]7CO)O[C@@H]6CO)O[C@@H]5CO)O[C@@H]4CO)O[C@@H]3CO. The molecule has 0 amide bonds. The molecule has 89 heavy (non-hydrogen) atoms. The van der Waals surface area contributed by atoms with E-state index in [1.165, 1.54) is 0 Å². The van der Waals surface area contributed by atoms with Crippen molar-refractivity contribution in [3.05, 3.63) is 29.3 Å². The first kappa shape index (κ1) is 71.2. The third-order valence-corrected chi connectivity index (χ3v) is 16.7. The maximum absolute atomic E-state index is 11.3. The zero-order chi connectivity index (χ0) is 64.4. The van der Waals surface area contributed by atoms with Crippen LogP contribution in [0.4, 0.5) is 0 Å². The number of rotatable bonds is 10. The number of benzene rings is 1. The summed E-state index contributed by atoms with van der Waals surface area (Å²) >= 11 is 5.71. The third-order valence-electron chi connectivity index (χ3n) is 16.4. The Bertz CT molecular complexity index is 1940. The van der Waals surface area contributed by atoms with E-state index in [9.17, 15) is 107 Å². The van der Waals surface area contributed by atoms with Crippen LogP contribution in [0.2, 0.25) is 5.02 Å². The number of halogens is 1. The van der Waals surface area contributed by atoms with Gasteiger partial charge in [-0.1, -0.05) is 11.6 Å². The molecule has 22 fully saturated rings. The van der Waals surface area contributed by atoms with Crippen molar-refractivity contribution in [2.24, 2.45) is 0 Å². The van der Waals surface area contributed by atoms with Crippen LogP contribution in [-0.4, -0.2) is 388 Å². The predicted molar refractivity (Wildman–Crippen MR) is 275 cm³/mol. The summed E-state index contributed by atoms with van der Waals surface area (Å²) in [6.07, 6.45) is -69.9. The molecule has 22 saturated heterocycles. The summed E-state index contributed by atoms with van der Waals surface area (Å²) < 4.78 is 89.9. The lowest BCUT2D eigenvalue weighted by molar-refractivity contribution is -0.396. The number of ether oxygens (including phenoxy) is 16. The summed E-state index contributed by atoms with van der Waals surface area (Å²) in [5.74, 6) is 0.843. The molecule has 23 rings (SSSR count). The van der Waals surface area contributed by atoms with E-state index in [0.717, 1.165) is 17.4 Å². The first-order chi connectivity index (χ1) is 42.5. The van der Waals surface area contributed by atoms with Gasteiger partial charge in [0.15, 0.2) is 44.0 Å². The standard InChI is InChI=1S/C42H70O35.C9H9ClO2/c43-1-8-29-15(50)22(57)36(64-8)72-30-9(2-44)66-38(24(59)17(30)52)74-32-11(4-46)68-40(26(61)19(32)54)76-34-13(6-48)70-42(28(63)21(34)56)77-35-14(7-49)69-41(27(62)20(35)55)75-33-12(5-47)67-39(25(60)18(33)53)73-31-10(3-45)65-37(71-29)23(58)16(31)51;10-7-1-3-8(4-2-7)11-5-9-6-12-9/h8-63H,1-7H2;1-4,9H,5-6H2/t8-,9-,10-,11-,12-,13-,14-,15-,16-,17-,18-,19-,20+,21+,22-,23-,24-,25-,26-,27+,28+,29-,30-,31-,32-,33-,34-,35-,36-,37-,38-,39-,40-,41-,42-;/m1./s1. The van der Waals surface area contributed by atoms with Crippen LogP contribution in [0.3, 0.4) is 0 Å². The van der Waals surface area contributed by atoms with Crippen molar-refractivity contribution in [2.45, 2.75) is 221 Å². The van der Waals surface area contributed by atoms with Gasteiger partial charge in [-0.2, -0.15) is 0 Å². The minimum atomic E-state index is -2.21. The number of aliphatic hydroxyl groups excluding tert-OH is 21. The molecule has 0 spiro atoms. The fourth-order valence-electron chi connectivity index (χ4n) is 11.3. The van der Waals surface area contributed by atoms with Crippen LogP contribution in [-0.2, 0) is 71.1 Å². The average molecular weight is 1320 g/mol. The van der Waals surface area contributed by atoms with Gasteiger partial charge < -0.3 is 183 Å². The minimum absolute atomic E-state index is 0.306. The molecule has 0 aromatic heterocycles. The molecule has 0 aliphatic carbocycles. The average Bonchev–Trinajstić information content (AvgIpc) is 1.29. The van der Waals surface area contributed by atoms with E-state index >= 15 is 0 Å². The number of hydrogen-bond donors (Lipinski definition) is 21. The fourth-order valence-corrected chi connectivity index (χ4v) is 11.4. The summed E-state index contributed by atoms with van der Waals surface area (Å²) in [5, 5.41) is 231. The van der Waals surface area contributed by atoms with Crippen LogP contribution in [0.1, 0.15) is 0 Å². The highest BCUT2D eigenvalue weighted by molar-refractivity contribution is 6.30. The molecule has 38 heteroatoms. The maximum Gasteiger partial charge on any atom is 0.187 e. The largest absolute Gasteiger partial charge is 0.491 e. The monoisotopic (exact) mass is 1320 g/mol. The summed E-state index contributed by atoms with van der Waals surface area (Å²) in [6, 6.07) is 7.32.